The average Bonchev–Trinajstić information content (AvgIpc) is 2.68. The van der Waals surface area contributed by atoms with Gasteiger partial charge in [-0.3, -0.25) is 9.59 Å². The smallest absolute Gasteiger partial charge is 0.241 e. The molecule has 2 aliphatic carbocycles. The molecule has 3 saturated heterocycles. The average molecular weight is 294 g/mol. The van der Waals surface area contributed by atoms with Crippen molar-refractivity contribution in [1.29, 1.82) is 0 Å². The number of nitrogens with zero attached hydrogens (tertiary/aromatic N) is 1. The third-order valence-corrected chi connectivity index (χ3v) is 5.47. The van der Waals surface area contributed by atoms with Crippen LogP contribution in [0.4, 0.5) is 0 Å². The second kappa shape index (κ2) is 4.68. The van der Waals surface area contributed by atoms with Gasteiger partial charge in [0.1, 0.15) is 18.5 Å². The number of carbonyl (C=O) groups excluding carboxylic acids is 2. The molecule has 21 heavy (non-hydrogen) atoms. The number of likely N-dealkylation sites (tertiary alicyclic amines) is 1. The number of aliphatic hydroxyl groups excluding tert-OH is 1. The summed E-state index contributed by atoms with van der Waals surface area (Å²) in [6, 6.07) is 0. The largest absolute Gasteiger partial charge is 0.373 e. The van der Waals surface area contributed by atoms with Gasteiger partial charge in [0.2, 0.25) is 11.8 Å². The first kappa shape index (κ1) is 13.5. The van der Waals surface area contributed by atoms with Crippen LogP contribution >= 0.6 is 0 Å². The Hall–Kier alpha value is -1.14. The van der Waals surface area contributed by atoms with E-state index in [9.17, 15) is 14.7 Å². The minimum Gasteiger partial charge on any atom is -0.373 e. The summed E-state index contributed by atoms with van der Waals surface area (Å²) in [4.78, 5) is 25.2. The number of ether oxygens (including phenoxy) is 1. The zero-order valence-electron chi connectivity index (χ0n) is 12.1. The number of hydrogen-bond donors (Lipinski definition) is 2. The molecule has 3 unspecified atom stereocenters. The van der Waals surface area contributed by atoms with Crippen LogP contribution in [0.15, 0.2) is 0 Å². The van der Waals surface area contributed by atoms with Crippen molar-refractivity contribution in [2.75, 3.05) is 6.54 Å². The van der Waals surface area contributed by atoms with Gasteiger partial charge < -0.3 is 20.1 Å². The van der Waals surface area contributed by atoms with E-state index in [2.05, 4.69) is 5.32 Å². The highest BCUT2D eigenvalue weighted by atomic mass is 16.5. The minimum atomic E-state index is -0.819. The molecule has 5 aliphatic rings. The van der Waals surface area contributed by atoms with Gasteiger partial charge in [-0.2, -0.15) is 0 Å². The van der Waals surface area contributed by atoms with Crippen LogP contribution in [0.3, 0.4) is 0 Å². The van der Waals surface area contributed by atoms with Crippen molar-refractivity contribution < 1.29 is 19.4 Å². The summed E-state index contributed by atoms with van der Waals surface area (Å²) in [5, 5.41) is 12.8. The normalized spacial score (nSPS) is 44.4. The third-order valence-electron chi connectivity index (χ3n) is 5.47. The molecular weight excluding hydrogens is 272 g/mol. The Labute approximate surface area is 123 Å². The minimum absolute atomic E-state index is 0.0644. The summed E-state index contributed by atoms with van der Waals surface area (Å²) in [6.45, 7) is -0.0644. The predicted octanol–water partition coefficient (Wildman–Crippen LogP) is 0.349. The van der Waals surface area contributed by atoms with Crippen LogP contribution in [0.1, 0.15) is 44.9 Å². The van der Waals surface area contributed by atoms with Crippen molar-refractivity contribution >= 4 is 11.8 Å². The Balaban J connectivity index is 1.41. The molecule has 3 heterocycles. The summed E-state index contributed by atoms with van der Waals surface area (Å²) in [5.41, 5.74) is -0.514. The fraction of sp³-hybridized carbons (Fsp3) is 0.867. The Morgan fingerprint density at radius 2 is 2.05 bits per heavy atom. The molecule has 5 rings (SSSR count). The molecule has 6 nitrogen and oxygen atoms in total. The van der Waals surface area contributed by atoms with Crippen molar-refractivity contribution in [2.45, 2.75) is 63.0 Å². The Kier molecular flexibility index (Phi) is 3.01. The van der Waals surface area contributed by atoms with Gasteiger partial charge in [0.15, 0.2) is 0 Å². The molecule has 3 atom stereocenters. The quantitative estimate of drug-likeness (QED) is 0.787. The number of nitrogens with one attached hydrogen (secondary N) is 1. The lowest BCUT2D eigenvalue weighted by molar-refractivity contribution is -0.233. The lowest BCUT2D eigenvalue weighted by atomic mass is 9.65. The van der Waals surface area contributed by atoms with Gasteiger partial charge in [-0.25, -0.2) is 0 Å². The molecule has 0 radical (unpaired) electrons. The highest BCUT2D eigenvalue weighted by molar-refractivity contribution is 5.86. The van der Waals surface area contributed by atoms with E-state index in [4.69, 9.17) is 4.74 Å². The third kappa shape index (κ3) is 2.34. The summed E-state index contributed by atoms with van der Waals surface area (Å²) in [6.07, 6.45) is 5.50. The van der Waals surface area contributed by atoms with Crippen LogP contribution in [-0.2, 0) is 14.3 Å². The van der Waals surface area contributed by atoms with E-state index in [0.29, 0.717) is 24.7 Å². The molecule has 3 aliphatic heterocycles. The van der Waals surface area contributed by atoms with Crippen molar-refractivity contribution in [1.82, 2.24) is 10.2 Å². The first-order chi connectivity index (χ1) is 10.0. The van der Waals surface area contributed by atoms with Gasteiger partial charge in [0, 0.05) is 12.8 Å². The zero-order chi connectivity index (χ0) is 14.6. The zero-order valence-corrected chi connectivity index (χ0v) is 12.1. The molecule has 2 amide bonds. The molecular formula is C15H22N2O4. The monoisotopic (exact) mass is 294 g/mol. The maximum Gasteiger partial charge on any atom is 0.241 e. The lowest BCUT2D eigenvalue weighted by Crippen LogP contribution is -2.64. The van der Waals surface area contributed by atoms with Crippen molar-refractivity contribution in [3.8, 4) is 0 Å². The van der Waals surface area contributed by atoms with E-state index in [1.807, 2.05) is 0 Å². The second-order valence-electron chi connectivity index (χ2n) is 7.17. The lowest BCUT2D eigenvalue weighted by Gasteiger charge is -2.56. The van der Waals surface area contributed by atoms with Crippen LogP contribution in [0.2, 0.25) is 0 Å². The molecule has 2 N–H and O–H groups in total. The van der Waals surface area contributed by atoms with Gasteiger partial charge in [-0.05, 0) is 43.9 Å². The van der Waals surface area contributed by atoms with Crippen LogP contribution in [0, 0.1) is 11.8 Å². The molecule has 6 heteroatoms. The number of rotatable bonds is 3. The Morgan fingerprint density at radius 3 is 2.62 bits per heavy atom. The fourth-order valence-corrected chi connectivity index (χ4v) is 4.86. The molecule has 0 aromatic heterocycles. The van der Waals surface area contributed by atoms with E-state index < -0.39 is 12.0 Å². The Bertz CT molecular complexity index is 443. The van der Waals surface area contributed by atoms with E-state index in [1.54, 1.807) is 0 Å². The SMILES string of the molecule is O=C(CN1C(=O)CCC1O)NC12CC3CC(CC(C3)O1)C2. The first-order valence-corrected chi connectivity index (χ1v) is 7.99. The van der Waals surface area contributed by atoms with Crippen molar-refractivity contribution in [3.63, 3.8) is 0 Å². The molecule has 0 aromatic rings. The van der Waals surface area contributed by atoms with E-state index in [0.717, 1.165) is 25.7 Å². The summed E-state index contributed by atoms with van der Waals surface area (Å²) >= 11 is 0. The fourth-order valence-electron chi connectivity index (χ4n) is 4.86. The van der Waals surface area contributed by atoms with Crippen LogP contribution in [-0.4, -0.2) is 46.4 Å². The van der Waals surface area contributed by atoms with E-state index in [-0.39, 0.29) is 24.5 Å². The molecule has 0 spiro atoms. The number of aliphatic hydroxyl groups is 1. The summed E-state index contributed by atoms with van der Waals surface area (Å²) in [7, 11) is 0. The maximum atomic E-state index is 12.3. The van der Waals surface area contributed by atoms with Crippen LogP contribution in [0.25, 0.3) is 0 Å². The standard InChI is InChI=1S/C15H22N2O4/c18-12(8-17-13(19)1-2-14(17)20)16-15-6-9-3-10(7-15)5-11(4-9)21-15/h9-11,13,19H,1-8H2,(H,16,18). The highest BCUT2D eigenvalue weighted by Gasteiger charge is 2.53. The van der Waals surface area contributed by atoms with Gasteiger partial charge in [-0.1, -0.05) is 0 Å². The molecule has 2 saturated carbocycles. The number of hydrogen-bond acceptors (Lipinski definition) is 4. The van der Waals surface area contributed by atoms with Gasteiger partial charge in [-0.15, -0.1) is 0 Å². The topological polar surface area (TPSA) is 78.9 Å². The summed E-state index contributed by atoms with van der Waals surface area (Å²) in [5.74, 6) is 0.960. The van der Waals surface area contributed by atoms with E-state index >= 15 is 0 Å². The molecule has 116 valence electrons. The molecule has 4 bridgehead atoms. The molecule has 5 fully saturated rings. The number of amides is 2. The van der Waals surface area contributed by atoms with Gasteiger partial charge in [0.05, 0.1) is 6.10 Å². The first-order valence-electron chi connectivity index (χ1n) is 7.99. The van der Waals surface area contributed by atoms with Gasteiger partial charge in [0.25, 0.3) is 0 Å². The van der Waals surface area contributed by atoms with Crippen LogP contribution in [0.5, 0.6) is 0 Å². The second-order valence-corrected chi connectivity index (χ2v) is 7.17. The van der Waals surface area contributed by atoms with Crippen molar-refractivity contribution in [3.05, 3.63) is 0 Å². The number of carbonyl (C=O) groups is 2. The summed E-state index contributed by atoms with van der Waals surface area (Å²) < 4.78 is 6.10. The van der Waals surface area contributed by atoms with Gasteiger partial charge >= 0.3 is 0 Å². The maximum absolute atomic E-state index is 12.3. The van der Waals surface area contributed by atoms with Crippen LogP contribution < -0.4 is 5.32 Å². The Morgan fingerprint density at radius 1 is 1.33 bits per heavy atom. The van der Waals surface area contributed by atoms with E-state index in [1.165, 1.54) is 11.3 Å². The highest BCUT2D eigenvalue weighted by Crippen LogP contribution is 2.51. The van der Waals surface area contributed by atoms with Crippen molar-refractivity contribution in [2.24, 2.45) is 11.8 Å². The predicted molar refractivity (Wildman–Crippen MR) is 72.8 cm³/mol. The molecule has 0 aromatic carbocycles.